The predicted octanol–water partition coefficient (Wildman–Crippen LogP) is 3.40. The standard InChI is InChI=1S/C23H23N5O/c1-17-7-5-8-18(15-17)12-13-22(29)26-14-6-11-21-20(16-24)23(25)28(27-21)19-9-3-2-4-10-19/h2-5,7-10,12-13,15H,6,11,14,25H2,1H3,(H,26,29)/b13-12+. The number of nitrogens with zero attached hydrogens (tertiary/aromatic N) is 3. The van der Waals surface area contributed by atoms with Crippen molar-refractivity contribution in [3.05, 3.63) is 83.1 Å². The summed E-state index contributed by atoms with van der Waals surface area (Å²) in [6, 6.07) is 19.5. The average molecular weight is 385 g/mol. The van der Waals surface area contributed by atoms with Crippen molar-refractivity contribution in [2.75, 3.05) is 12.3 Å². The zero-order valence-electron chi connectivity index (χ0n) is 16.3. The van der Waals surface area contributed by atoms with Crippen LogP contribution >= 0.6 is 0 Å². The summed E-state index contributed by atoms with van der Waals surface area (Å²) in [6.45, 7) is 2.50. The second-order valence-electron chi connectivity index (χ2n) is 6.71. The third-order valence-electron chi connectivity index (χ3n) is 4.47. The van der Waals surface area contributed by atoms with Crippen LogP contribution in [0.1, 0.15) is 28.8 Å². The zero-order chi connectivity index (χ0) is 20.6. The average Bonchev–Trinajstić information content (AvgIpc) is 3.05. The maximum absolute atomic E-state index is 12.0. The van der Waals surface area contributed by atoms with Crippen LogP contribution in [0.4, 0.5) is 5.82 Å². The third kappa shape index (κ3) is 5.11. The van der Waals surface area contributed by atoms with Crippen molar-refractivity contribution in [1.29, 1.82) is 5.26 Å². The van der Waals surface area contributed by atoms with E-state index in [1.807, 2.05) is 61.5 Å². The Morgan fingerprint density at radius 2 is 2.03 bits per heavy atom. The van der Waals surface area contributed by atoms with Crippen molar-refractivity contribution >= 4 is 17.8 Å². The summed E-state index contributed by atoms with van der Waals surface area (Å²) in [5, 5.41) is 16.8. The molecule has 0 radical (unpaired) electrons. The second-order valence-corrected chi connectivity index (χ2v) is 6.71. The van der Waals surface area contributed by atoms with Gasteiger partial charge >= 0.3 is 0 Å². The molecule has 2 aromatic carbocycles. The lowest BCUT2D eigenvalue weighted by Crippen LogP contribution is -2.22. The molecule has 0 aliphatic rings. The topological polar surface area (TPSA) is 96.7 Å². The molecule has 3 rings (SSSR count). The molecule has 0 spiro atoms. The number of nitrogens with one attached hydrogen (secondary N) is 1. The fourth-order valence-corrected chi connectivity index (χ4v) is 3.01. The van der Waals surface area contributed by atoms with Gasteiger partial charge in [0.2, 0.25) is 5.91 Å². The molecule has 1 amide bonds. The summed E-state index contributed by atoms with van der Waals surface area (Å²) < 4.78 is 1.58. The van der Waals surface area contributed by atoms with E-state index in [-0.39, 0.29) is 5.91 Å². The summed E-state index contributed by atoms with van der Waals surface area (Å²) in [4.78, 5) is 12.0. The number of amides is 1. The Hall–Kier alpha value is -3.85. The molecule has 146 valence electrons. The lowest BCUT2D eigenvalue weighted by molar-refractivity contribution is -0.116. The summed E-state index contributed by atoms with van der Waals surface area (Å²) in [5.74, 6) is 0.181. The summed E-state index contributed by atoms with van der Waals surface area (Å²) >= 11 is 0. The van der Waals surface area contributed by atoms with E-state index >= 15 is 0 Å². The van der Waals surface area contributed by atoms with Crippen molar-refractivity contribution < 1.29 is 4.79 Å². The Labute approximate surface area is 170 Å². The first kappa shape index (κ1) is 19.9. The Bertz CT molecular complexity index is 1060. The molecule has 0 fully saturated rings. The lowest BCUT2D eigenvalue weighted by Gasteiger charge is -2.02. The van der Waals surface area contributed by atoms with Crippen molar-refractivity contribution in [3.8, 4) is 11.8 Å². The number of hydrogen-bond donors (Lipinski definition) is 2. The van der Waals surface area contributed by atoms with Gasteiger partial charge in [0.1, 0.15) is 17.5 Å². The summed E-state index contributed by atoms with van der Waals surface area (Å²) in [7, 11) is 0. The number of carbonyl (C=O) groups is 1. The van der Waals surface area contributed by atoms with Gasteiger partial charge < -0.3 is 11.1 Å². The minimum Gasteiger partial charge on any atom is -0.382 e. The van der Waals surface area contributed by atoms with Gasteiger partial charge in [-0.1, -0.05) is 48.0 Å². The number of nitrogen functional groups attached to an aromatic ring is 1. The van der Waals surface area contributed by atoms with E-state index < -0.39 is 0 Å². The Kier molecular flexibility index (Phi) is 6.43. The molecule has 1 aromatic heterocycles. The molecule has 0 atom stereocenters. The molecule has 29 heavy (non-hydrogen) atoms. The SMILES string of the molecule is Cc1cccc(/C=C/C(=O)NCCCc2nn(-c3ccccc3)c(N)c2C#N)c1. The number of anilines is 1. The Morgan fingerprint density at radius 1 is 1.24 bits per heavy atom. The lowest BCUT2D eigenvalue weighted by atomic mass is 10.1. The highest BCUT2D eigenvalue weighted by atomic mass is 16.1. The highest BCUT2D eigenvalue weighted by Crippen LogP contribution is 2.21. The van der Waals surface area contributed by atoms with Crippen LogP contribution in [-0.2, 0) is 11.2 Å². The Balaban J connectivity index is 1.55. The van der Waals surface area contributed by atoms with Gasteiger partial charge in [-0.3, -0.25) is 4.79 Å². The molecular formula is C23H23N5O. The number of benzene rings is 2. The molecule has 6 nitrogen and oxygen atoms in total. The number of nitrogens with two attached hydrogens (primary N) is 1. The molecule has 0 aliphatic carbocycles. The fourth-order valence-electron chi connectivity index (χ4n) is 3.01. The van der Waals surface area contributed by atoms with Gasteiger partial charge in [-0.05, 0) is 43.5 Å². The highest BCUT2D eigenvalue weighted by molar-refractivity contribution is 5.91. The maximum atomic E-state index is 12.0. The molecule has 0 saturated carbocycles. The van der Waals surface area contributed by atoms with E-state index in [4.69, 9.17) is 5.73 Å². The summed E-state index contributed by atoms with van der Waals surface area (Å²) in [6.07, 6.45) is 4.52. The normalized spacial score (nSPS) is 10.8. The maximum Gasteiger partial charge on any atom is 0.243 e. The van der Waals surface area contributed by atoms with Gasteiger partial charge in [0.15, 0.2) is 0 Å². The first-order chi connectivity index (χ1) is 14.1. The molecule has 0 saturated heterocycles. The molecule has 0 bridgehead atoms. The quantitative estimate of drug-likeness (QED) is 0.481. The van der Waals surface area contributed by atoms with Crippen molar-refractivity contribution in [3.63, 3.8) is 0 Å². The van der Waals surface area contributed by atoms with E-state index in [2.05, 4.69) is 16.5 Å². The smallest absolute Gasteiger partial charge is 0.243 e. The number of aromatic nitrogens is 2. The molecule has 1 heterocycles. The number of carbonyl (C=O) groups excluding carboxylic acids is 1. The van der Waals surface area contributed by atoms with Crippen LogP contribution in [0.5, 0.6) is 0 Å². The van der Waals surface area contributed by atoms with E-state index in [0.717, 1.165) is 16.8 Å². The monoisotopic (exact) mass is 385 g/mol. The largest absolute Gasteiger partial charge is 0.382 e. The first-order valence-electron chi connectivity index (χ1n) is 9.44. The van der Waals surface area contributed by atoms with Gasteiger partial charge in [0.05, 0.1) is 11.4 Å². The number of aryl methyl sites for hydroxylation is 2. The van der Waals surface area contributed by atoms with Gasteiger partial charge in [-0.2, -0.15) is 10.4 Å². The molecule has 6 heteroatoms. The van der Waals surface area contributed by atoms with Crippen LogP contribution in [0.15, 0.2) is 60.7 Å². The van der Waals surface area contributed by atoms with Gasteiger partial charge in [-0.25, -0.2) is 4.68 Å². The van der Waals surface area contributed by atoms with Crippen LogP contribution in [0.3, 0.4) is 0 Å². The number of hydrogen-bond acceptors (Lipinski definition) is 4. The second kappa shape index (κ2) is 9.38. The fraction of sp³-hybridized carbons (Fsp3) is 0.174. The molecular weight excluding hydrogens is 362 g/mol. The molecule has 3 aromatic rings. The van der Waals surface area contributed by atoms with E-state index in [1.54, 1.807) is 10.8 Å². The van der Waals surface area contributed by atoms with Crippen LogP contribution in [0.2, 0.25) is 0 Å². The zero-order valence-corrected chi connectivity index (χ0v) is 16.3. The molecule has 3 N–H and O–H groups in total. The Morgan fingerprint density at radius 3 is 2.76 bits per heavy atom. The minimum absolute atomic E-state index is 0.152. The van der Waals surface area contributed by atoms with Gasteiger partial charge in [0.25, 0.3) is 0 Å². The van der Waals surface area contributed by atoms with E-state index in [9.17, 15) is 10.1 Å². The number of rotatable bonds is 7. The third-order valence-corrected chi connectivity index (χ3v) is 4.47. The van der Waals surface area contributed by atoms with Gasteiger partial charge in [-0.15, -0.1) is 0 Å². The summed E-state index contributed by atoms with van der Waals surface area (Å²) in [5.41, 5.74) is 10.1. The predicted molar refractivity (Wildman–Crippen MR) is 114 cm³/mol. The first-order valence-corrected chi connectivity index (χ1v) is 9.44. The molecule has 0 aliphatic heterocycles. The van der Waals surface area contributed by atoms with Crippen LogP contribution in [-0.4, -0.2) is 22.2 Å². The minimum atomic E-state index is -0.152. The van der Waals surface area contributed by atoms with Crippen molar-refractivity contribution in [2.24, 2.45) is 0 Å². The van der Waals surface area contributed by atoms with Crippen LogP contribution < -0.4 is 11.1 Å². The van der Waals surface area contributed by atoms with E-state index in [0.29, 0.717) is 36.5 Å². The number of nitriles is 1. The highest BCUT2D eigenvalue weighted by Gasteiger charge is 2.16. The van der Waals surface area contributed by atoms with Crippen molar-refractivity contribution in [1.82, 2.24) is 15.1 Å². The van der Waals surface area contributed by atoms with Crippen molar-refractivity contribution in [2.45, 2.75) is 19.8 Å². The number of para-hydroxylation sites is 1. The van der Waals surface area contributed by atoms with Gasteiger partial charge in [0, 0.05) is 12.6 Å². The van der Waals surface area contributed by atoms with Crippen LogP contribution in [0.25, 0.3) is 11.8 Å². The molecule has 0 unspecified atom stereocenters. The van der Waals surface area contributed by atoms with Crippen LogP contribution in [0, 0.1) is 18.3 Å². The van der Waals surface area contributed by atoms with E-state index in [1.165, 1.54) is 6.08 Å².